The molecule has 2 aromatic heterocycles. The molecule has 0 unspecified atom stereocenters. The number of nitrogens with one attached hydrogen (secondary N) is 1. The Morgan fingerprint density at radius 2 is 1.95 bits per heavy atom. The molecule has 3 aromatic rings. The highest BCUT2D eigenvalue weighted by atomic mass is 32.1. The van der Waals surface area contributed by atoms with Crippen LogP contribution in [-0.2, 0) is 17.6 Å². The predicted octanol–water partition coefficient (Wildman–Crippen LogP) is 3.82. The smallest absolute Gasteiger partial charge is 0.481 e. The lowest BCUT2D eigenvalue weighted by molar-refractivity contribution is -0.274. The quantitative estimate of drug-likeness (QED) is 0.366. The molecule has 3 heterocycles. The second-order valence-corrected chi connectivity index (χ2v) is 10.5. The molecule has 1 saturated heterocycles. The number of hydrogen-bond donors (Lipinski definition) is 2. The van der Waals surface area contributed by atoms with Crippen molar-refractivity contribution in [3.05, 3.63) is 40.4 Å². The van der Waals surface area contributed by atoms with E-state index < -0.39 is 18.0 Å². The van der Waals surface area contributed by atoms with Crippen LogP contribution in [0.25, 0.3) is 11.3 Å². The molecule has 14 heteroatoms. The van der Waals surface area contributed by atoms with E-state index in [-0.39, 0.29) is 18.2 Å². The summed E-state index contributed by atoms with van der Waals surface area (Å²) in [5, 5.41) is 3.41. The summed E-state index contributed by atoms with van der Waals surface area (Å²) < 4.78 is 55.0. The van der Waals surface area contributed by atoms with Crippen molar-refractivity contribution in [1.82, 2.24) is 14.9 Å². The number of amides is 1. The summed E-state index contributed by atoms with van der Waals surface area (Å²) in [6.45, 7) is 3.74. The number of piperazine rings is 1. The van der Waals surface area contributed by atoms with Crippen molar-refractivity contribution in [2.24, 2.45) is 5.73 Å². The summed E-state index contributed by atoms with van der Waals surface area (Å²) in [7, 11) is 3.58. The lowest BCUT2D eigenvalue weighted by Crippen LogP contribution is -2.44. The van der Waals surface area contributed by atoms with Crippen LogP contribution < -0.4 is 25.4 Å². The van der Waals surface area contributed by atoms with Crippen molar-refractivity contribution in [3.63, 3.8) is 0 Å². The Morgan fingerprint density at radius 1 is 1.18 bits per heavy atom. The normalized spacial score (nSPS) is 15.4. The highest BCUT2D eigenvalue weighted by molar-refractivity contribution is 7.16. The van der Waals surface area contributed by atoms with Gasteiger partial charge in [0.15, 0.2) is 10.8 Å². The third-order valence-corrected chi connectivity index (χ3v) is 7.93. The number of carbonyl (C=O) groups excluding carboxylic acids is 1. The third-order valence-electron chi connectivity index (χ3n) is 6.77. The van der Waals surface area contributed by atoms with E-state index in [1.54, 1.807) is 25.4 Å². The number of fused-ring (bicyclic) bond motifs is 3. The number of rotatable bonds is 9. The van der Waals surface area contributed by atoms with Crippen molar-refractivity contribution in [1.29, 1.82) is 0 Å². The van der Waals surface area contributed by atoms with E-state index in [2.05, 4.69) is 29.8 Å². The molecule has 214 valence electrons. The number of benzene rings is 1. The molecule has 40 heavy (non-hydrogen) atoms. The topological polar surface area (TPSA) is 115 Å². The second-order valence-electron chi connectivity index (χ2n) is 9.49. The van der Waals surface area contributed by atoms with Crippen LogP contribution >= 0.6 is 11.3 Å². The third kappa shape index (κ3) is 6.08. The minimum Gasteiger partial charge on any atom is -0.481 e. The van der Waals surface area contributed by atoms with E-state index in [4.69, 9.17) is 15.2 Å². The minimum absolute atomic E-state index is 0.0730. The average Bonchev–Trinajstić information content (AvgIpc) is 3.29. The van der Waals surface area contributed by atoms with E-state index >= 15 is 0 Å². The standard InChI is InChI=1S/C26H29F3N6O4S/c1-34-7-9-35(10-8-34)16-4-6-19(39-26(27,28)29)18(13-16)32-25-31-14-15-3-5-17-20(21(15)33-25)24(38-12-11-37-2)40-22(17)23(30)36/h4,6,13-14H,3,5,7-12H2,1-2H3,(H2,30,36)(H,31,32,33). The van der Waals surface area contributed by atoms with Gasteiger partial charge in [0.05, 0.1) is 28.4 Å². The number of aromatic nitrogens is 2. The summed E-state index contributed by atoms with van der Waals surface area (Å²) in [5.41, 5.74) is 9.20. The average molecular weight is 579 g/mol. The van der Waals surface area contributed by atoms with E-state index in [1.807, 2.05) is 7.05 Å². The summed E-state index contributed by atoms with van der Waals surface area (Å²) in [6, 6.07) is 4.51. The van der Waals surface area contributed by atoms with Crippen LogP contribution in [0.3, 0.4) is 0 Å². The lowest BCUT2D eigenvalue weighted by Gasteiger charge is -2.34. The Balaban J connectivity index is 1.51. The van der Waals surface area contributed by atoms with Gasteiger partial charge in [-0.2, -0.15) is 0 Å². The maximum absolute atomic E-state index is 13.2. The number of carbonyl (C=O) groups is 1. The number of likely N-dealkylation sites (N-methyl/N-ethyl adjacent to an activating group) is 1. The molecule has 10 nitrogen and oxygen atoms in total. The number of methoxy groups -OCH3 is 1. The highest BCUT2D eigenvalue weighted by Gasteiger charge is 2.33. The Hall–Kier alpha value is -3.62. The number of thiophene rings is 1. The number of nitrogens with two attached hydrogens (primary N) is 1. The van der Waals surface area contributed by atoms with Crippen molar-refractivity contribution < 1.29 is 32.2 Å². The van der Waals surface area contributed by atoms with Crippen molar-refractivity contribution in [3.8, 4) is 22.1 Å². The van der Waals surface area contributed by atoms with Gasteiger partial charge in [-0.3, -0.25) is 4.79 Å². The first-order valence-corrected chi connectivity index (χ1v) is 13.5. The van der Waals surface area contributed by atoms with Crippen LogP contribution in [0.1, 0.15) is 20.8 Å². The molecule has 5 rings (SSSR count). The largest absolute Gasteiger partial charge is 0.573 e. The number of aryl methyl sites for hydroxylation is 1. The molecule has 0 spiro atoms. The number of ether oxygens (including phenoxy) is 3. The van der Waals surface area contributed by atoms with Crippen LogP contribution in [-0.4, -0.2) is 80.7 Å². The zero-order chi connectivity index (χ0) is 28.4. The first-order chi connectivity index (χ1) is 19.1. The zero-order valence-electron chi connectivity index (χ0n) is 22.0. The minimum atomic E-state index is -4.88. The fourth-order valence-electron chi connectivity index (χ4n) is 4.78. The zero-order valence-corrected chi connectivity index (χ0v) is 22.8. The SMILES string of the molecule is COCCOc1sc(C(N)=O)c2c1-c1nc(Nc3cc(N4CCN(C)CC4)ccc3OC(F)(F)F)ncc1CC2. The first-order valence-electron chi connectivity index (χ1n) is 12.7. The van der Waals surface area contributed by atoms with Crippen LogP contribution in [0, 0.1) is 0 Å². The Labute approximate surface area is 232 Å². The van der Waals surface area contributed by atoms with Gasteiger partial charge >= 0.3 is 6.36 Å². The molecular weight excluding hydrogens is 549 g/mol. The molecule has 1 amide bonds. The van der Waals surface area contributed by atoms with Gasteiger partial charge in [-0.25, -0.2) is 9.97 Å². The van der Waals surface area contributed by atoms with Gasteiger partial charge in [-0.05, 0) is 49.2 Å². The molecule has 1 aromatic carbocycles. The highest BCUT2D eigenvalue weighted by Crippen LogP contribution is 2.47. The van der Waals surface area contributed by atoms with Gasteiger partial charge < -0.3 is 35.1 Å². The number of halogens is 3. The number of alkyl halides is 3. The lowest BCUT2D eigenvalue weighted by atomic mass is 9.91. The van der Waals surface area contributed by atoms with Crippen LogP contribution in [0.5, 0.6) is 10.8 Å². The summed E-state index contributed by atoms with van der Waals surface area (Å²) in [6.07, 6.45) is -2.13. The fourth-order valence-corrected chi connectivity index (χ4v) is 5.85. The number of primary amides is 1. The van der Waals surface area contributed by atoms with Crippen molar-refractivity contribution >= 4 is 34.6 Å². The predicted molar refractivity (Wildman–Crippen MR) is 145 cm³/mol. The maximum atomic E-state index is 13.2. The summed E-state index contributed by atoms with van der Waals surface area (Å²) >= 11 is 1.15. The van der Waals surface area contributed by atoms with E-state index in [1.165, 1.54) is 6.07 Å². The molecular formula is C26H29F3N6O4S. The van der Waals surface area contributed by atoms with Crippen molar-refractivity contribution in [2.45, 2.75) is 19.2 Å². The molecule has 1 aliphatic carbocycles. The van der Waals surface area contributed by atoms with Gasteiger partial charge in [-0.1, -0.05) is 11.3 Å². The van der Waals surface area contributed by atoms with Gasteiger partial charge in [0.1, 0.15) is 6.61 Å². The van der Waals surface area contributed by atoms with Gasteiger partial charge in [0.25, 0.3) is 5.91 Å². The van der Waals surface area contributed by atoms with Gasteiger partial charge in [-0.15, -0.1) is 13.2 Å². The summed E-state index contributed by atoms with van der Waals surface area (Å²) in [5.74, 6) is -0.889. The molecule has 3 N–H and O–H groups in total. The first kappa shape index (κ1) is 27.9. The fraction of sp³-hybridized carbons (Fsp3) is 0.423. The second kappa shape index (κ2) is 11.5. The Bertz CT molecular complexity index is 1390. The van der Waals surface area contributed by atoms with E-state index in [9.17, 15) is 18.0 Å². The molecule has 0 saturated carbocycles. The Kier molecular flexibility index (Phi) is 8.01. The molecule has 0 bridgehead atoms. The number of nitrogens with zero attached hydrogens (tertiary/aromatic N) is 4. The van der Waals surface area contributed by atoms with Crippen LogP contribution in [0.15, 0.2) is 24.4 Å². The van der Waals surface area contributed by atoms with Gasteiger partial charge in [0, 0.05) is 45.2 Å². The molecule has 0 atom stereocenters. The van der Waals surface area contributed by atoms with E-state index in [0.717, 1.165) is 54.3 Å². The van der Waals surface area contributed by atoms with E-state index in [0.29, 0.717) is 40.6 Å². The molecule has 1 fully saturated rings. The number of hydrogen-bond acceptors (Lipinski definition) is 10. The molecule has 1 aliphatic heterocycles. The van der Waals surface area contributed by atoms with Gasteiger partial charge in [0.2, 0.25) is 5.95 Å². The van der Waals surface area contributed by atoms with Crippen molar-refractivity contribution in [2.75, 3.05) is 63.8 Å². The molecule has 2 aliphatic rings. The molecule has 0 radical (unpaired) electrons. The number of anilines is 3. The Morgan fingerprint density at radius 3 is 2.65 bits per heavy atom. The monoisotopic (exact) mass is 578 g/mol. The van der Waals surface area contributed by atoms with Crippen LogP contribution in [0.4, 0.5) is 30.5 Å². The van der Waals surface area contributed by atoms with Crippen LogP contribution in [0.2, 0.25) is 0 Å². The summed E-state index contributed by atoms with van der Waals surface area (Å²) in [4.78, 5) is 25.9. The maximum Gasteiger partial charge on any atom is 0.573 e.